The second kappa shape index (κ2) is 14.7. The quantitative estimate of drug-likeness (QED) is 0.442. The fourth-order valence-electron chi connectivity index (χ4n) is 3.47. The number of ether oxygens (including phenoxy) is 1. The molecule has 24 heavy (non-hydrogen) atoms. The molecule has 0 aromatic heterocycles. The summed E-state index contributed by atoms with van der Waals surface area (Å²) >= 11 is 0. The van der Waals surface area contributed by atoms with Crippen molar-refractivity contribution in [3.05, 3.63) is 0 Å². The molecule has 2 N–H and O–H groups in total. The van der Waals surface area contributed by atoms with E-state index in [0.717, 1.165) is 26.1 Å². The standard InChI is InChI=1S/C20H40N2O2/c1-3-4-5-6-7-8-9-10-11-12-13-14-15-22-20(23)18-16-21-17-19(18)24-2/h18-19,21H,3-17H2,1-2H3,(H,22,23)/t18-,19+/m1/s1. The van der Waals surface area contributed by atoms with E-state index in [9.17, 15) is 4.79 Å². The number of hydrogen-bond donors (Lipinski definition) is 2. The molecular formula is C20H40N2O2. The highest BCUT2D eigenvalue weighted by atomic mass is 16.5. The first kappa shape index (κ1) is 21.4. The highest BCUT2D eigenvalue weighted by Gasteiger charge is 2.32. The van der Waals surface area contributed by atoms with Crippen LogP contribution in [0.15, 0.2) is 0 Å². The van der Waals surface area contributed by atoms with Gasteiger partial charge in [0.2, 0.25) is 5.91 Å². The van der Waals surface area contributed by atoms with E-state index in [2.05, 4.69) is 17.6 Å². The van der Waals surface area contributed by atoms with Gasteiger partial charge in [0, 0.05) is 26.7 Å². The predicted octanol–water partition coefficient (Wildman–Crippen LogP) is 4.04. The minimum atomic E-state index is -0.0210. The molecular weight excluding hydrogens is 300 g/mol. The first-order valence-corrected chi connectivity index (χ1v) is 10.3. The van der Waals surface area contributed by atoms with Crippen LogP contribution in [0.1, 0.15) is 84.0 Å². The molecule has 4 nitrogen and oxygen atoms in total. The lowest BCUT2D eigenvalue weighted by molar-refractivity contribution is -0.127. The zero-order valence-electron chi connectivity index (χ0n) is 16.1. The maximum absolute atomic E-state index is 12.1. The molecule has 1 rings (SSSR count). The molecule has 0 aromatic rings. The van der Waals surface area contributed by atoms with Gasteiger partial charge in [0.25, 0.3) is 0 Å². The Balaban J connectivity index is 1.83. The van der Waals surface area contributed by atoms with Crippen molar-refractivity contribution in [2.24, 2.45) is 5.92 Å². The average molecular weight is 341 g/mol. The Bertz CT molecular complexity index is 310. The lowest BCUT2D eigenvalue weighted by Crippen LogP contribution is -2.38. The Labute approximate surface area is 149 Å². The summed E-state index contributed by atoms with van der Waals surface area (Å²) in [6.45, 7) is 4.60. The highest BCUT2D eigenvalue weighted by molar-refractivity contribution is 5.79. The fourth-order valence-corrected chi connectivity index (χ4v) is 3.47. The molecule has 0 aromatic carbocycles. The first-order valence-electron chi connectivity index (χ1n) is 10.3. The van der Waals surface area contributed by atoms with E-state index < -0.39 is 0 Å². The fraction of sp³-hybridized carbons (Fsp3) is 0.950. The molecule has 0 bridgehead atoms. The van der Waals surface area contributed by atoms with Crippen LogP contribution in [0.4, 0.5) is 0 Å². The molecule has 1 saturated heterocycles. The number of rotatable bonds is 15. The number of methoxy groups -OCH3 is 1. The van der Waals surface area contributed by atoms with Crippen LogP contribution in [0, 0.1) is 5.92 Å². The van der Waals surface area contributed by atoms with Crippen molar-refractivity contribution in [2.45, 2.75) is 90.1 Å². The van der Waals surface area contributed by atoms with Crippen LogP contribution in [-0.4, -0.2) is 38.8 Å². The molecule has 0 aliphatic carbocycles. The van der Waals surface area contributed by atoms with Crippen LogP contribution in [0.25, 0.3) is 0 Å². The maximum atomic E-state index is 12.1. The lowest BCUT2D eigenvalue weighted by atomic mass is 10.0. The van der Waals surface area contributed by atoms with Crippen LogP contribution in [0.2, 0.25) is 0 Å². The Morgan fingerprint density at radius 2 is 1.46 bits per heavy atom. The Morgan fingerprint density at radius 3 is 2.00 bits per heavy atom. The summed E-state index contributed by atoms with van der Waals surface area (Å²) < 4.78 is 5.34. The normalized spacial score (nSPS) is 20.4. The third-order valence-corrected chi connectivity index (χ3v) is 5.13. The van der Waals surface area contributed by atoms with Gasteiger partial charge in [-0.15, -0.1) is 0 Å². The number of nitrogens with one attached hydrogen (secondary N) is 2. The third-order valence-electron chi connectivity index (χ3n) is 5.13. The molecule has 0 unspecified atom stereocenters. The topological polar surface area (TPSA) is 50.4 Å². The van der Waals surface area contributed by atoms with E-state index in [1.54, 1.807) is 7.11 Å². The van der Waals surface area contributed by atoms with Gasteiger partial charge in [-0.3, -0.25) is 4.79 Å². The molecule has 1 heterocycles. The van der Waals surface area contributed by atoms with Gasteiger partial charge in [0.1, 0.15) is 0 Å². The van der Waals surface area contributed by atoms with E-state index in [4.69, 9.17) is 4.74 Å². The summed E-state index contributed by atoms with van der Waals surface area (Å²) in [4.78, 5) is 12.1. The minimum Gasteiger partial charge on any atom is -0.379 e. The zero-order chi connectivity index (χ0) is 17.5. The summed E-state index contributed by atoms with van der Waals surface area (Å²) in [7, 11) is 1.68. The van der Waals surface area contributed by atoms with Crippen LogP contribution in [-0.2, 0) is 9.53 Å². The molecule has 0 radical (unpaired) electrons. The Kier molecular flexibility index (Phi) is 13.1. The number of carbonyl (C=O) groups excluding carboxylic acids is 1. The molecule has 142 valence electrons. The maximum Gasteiger partial charge on any atom is 0.227 e. The van der Waals surface area contributed by atoms with Crippen molar-refractivity contribution in [1.29, 1.82) is 0 Å². The third kappa shape index (κ3) is 9.63. The minimum absolute atomic E-state index is 0.0210. The second-order valence-electron chi connectivity index (χ2n) is 7.22. The van der Waals surface area contributed by atoms with Crippen molar-refractivity contribution in [3.63, 3.8) is 0 Å². The molecule has 1 fully saturated rings. The molecule has 0 spiro atoms. The molecule has 0 saturated carbocycles. The van der Waals surface area contributed by atoms with Gasteiger partial charge in [0.15, 0.2) is 0 Å². The number of hydrogen-bond acceptors (Lipinski definition) is 3. The summed E-state index contributed by atoms with van der Waals surface area (Å²) in [5, 5.41) is 6.28. The van der Waals surface area contributed by atoms with Crippen molar-refractivity contribution in [3.8, 4) is 0 Å². The number of unbranched alkanes of at least 4 members (excludes halogenated alkanes) is 11. The van der Waals surface area contributed by atoms with Gasteiger partial charge >= 0.3 is 0 Å². The van der Waals surface area contributed by atoms with Gasteiger partial charge in [-0.25, -0.2) is 0 Å². The number of amides is 1. The SMILES string of the molecule is CCCCCCCCCCCCCCNC(=O)[C@@H]1CNC[C@@H]1OC. The average Bonchev–Trinajstić information content (AvgIpc) is 3.07. The van der Waals surface area contributed by atoms with Gasteiger partial charge in [-0.05, 0) is 6.42 Å². The van der Waals surface area contributed by atoms with Gasteiger partial charge in [-0.2, -0.15) is 0 Å². The van der Waals surface area contributed by atoms with Crippen molar-refractivity contribution in [1.82, 2.24) is 10.6 Å². The van der Waals surface area contributed by atoms with E-state index in [1.165, 1.54) is 70.6 Å². The predicted molar refractivity (Wildman–Crippen MR) is 101 cm³/mol. The van der Waals surface area contributed by atoms with Crippen LogP contribution in [0.3, 0.4) is 0 Å². The molecule has 2 atom stereocenters. The van der Waals surface area contributed by atoms with Crippen molar-refractivity contribution in [2.75, 3.05) is 26.7 Å². The highest BCUT2D eigenvalue weighted by Crippen LogP contribution is 2.13. The van der Waals surface area contributed by atoms with Crippen LogP contribution < -0.4 is 10.6 Å². The van der Waals surface area contributed by atoms with Gasteiger partial charge in [0.05, 0.1) is 12.0 Å². The number of carbonyl (C=O) groups is 1. The van der Waals surface area contributed by atoms with Crippen molar-refractivity contribution >= 4 is 5.91 Å². The smallest absolute Gasteiger partial charge is 0.227 e. The van der Waals surface area contributed by atoms with Crippen LogP contribution in [0.5, 0.6) is 0 Å². The van der Waals surface area contributed by atoms with E-state index in [-0.39, 0.29) is 17.9 Å². The summed E-state index contributed by atoms with van der Waals surface area (Å²) in [6, 6.07) is 0. The lowest BCUT2D eigenvalue weighted by Gasteiger charge is -2.16. The van der Waals surface area contributed by atoms with Gasteiger partial charge < -0.3 is 15.4 Å². The van der Waals surface area contributed by atoms with Crippen molar-refractivity contribution < 1.29 is 9.53 Å². The molecule has 4 heteroatoms. The van der Waals surface area contributed by atoms with E-state index >= 15 is 0 Å². The largest absolute Gasteiger partial charge is 0.379 e. The summed E-state index contributed by atoms with van der Waals surface area (Å²) in [5.41, 5.74) is 0. The summed E-state index contributed by atoms with van der Waals surface area (Å²) in [6.07, 6.45) is 16.2. The zero-order valence-corrected chi connectivity index (χ0v) is 16.1. The second-order valence-corrected chi connectivity index (χ2v) is 7.22. The Hall–Kier alpha value is -0.610. The molecule has 1 aliphatic rings. The Morgan fingerprint density at radius 1 is 0.917 bits per heavy atom. The first-order chi connectivity index (χ1) is 11.8. The molecule has 1 amide bonds. The van der Waals surface area contributed by atoms with Gasteiger partial charge in [-0.1, -0.05) is 77.6 Å². The van der Waals surface area contributed by atoms with E-state index in [0.29, 0.717) is 0 Å². The van der Waals surface area contributed by atoms with Crippen LogP contribution >= 0.6 is 0 Å². The monoisotopic (exact) mass is 340 g/mol. The van der Waals surface area contributed by atoms with E-state index in [1.807, 2.05) is 0 Å². The summed E-state index contributed by atoms with van der Waals surface area (Å²) in [5.74, 6) is 0.127. The molecule has 1 aliphatic heterocycles.